The zero-order valence-electron chi connectivity index (χ0n) is 10.7. The molecule has 1 atom stereocenters. The molecule has 0 fully saturated rings. The van der Waals surface area contributed by atoms with Crippen LogP contribution >= 0.6 is 0 Å². The third kappa shape index (κ3) is 4.26. The third-order valence-corrected chi connectivity index (χ3v) is 2.54. The van der Waals surface area contributed by atoms with E-state index in [0.717, 1.165) is 0 Å². The molecule has 1 aromatic carbocycles. The molecule has 3 N–H and O–H groups in total. The number of nitriles is 1. The van der Waals surface area contributed by atoms with Gasteiger partial charge in [-0.05, 0) is 12.1 Å². The Morgan fingerprint density at radius 3 is 2.50 bits per heavy atom. The number of urea groups is 1. The lowest BCUT2D eigenvalue weighted by Gasteiger charge is -2.23. The Kier molecular flexibility index (Phi) is 6.00. The number of carboxylic acids is 1. The molecule has 7 nitrogen and oxygen atoms in total. The lowest BCUT2D eigenvalue weighted by atomic mass is 10.2. The number of aliphatic hydroxyl groups is 1. The van der Waals surface area contributed by atoms with E-state index in [0.29, 0.717) is 5.69 Å². The van der Waals surface area contributed by atoms with Gasteiger partial charge in [-0.3, -0.25) is 4.90 Å². The normalized spacial score (nSPS) is 11.2. The molecule has 0 aromatic heterocycles. The zero-order chi connectivity index (χ0) is 15.0. The molecule has 0 aliphatic carbocycles. The number of hydrogen-bond donors (Lipinski definition) is 3. The Hall–Kier alpha value is -2.59. The average Bonchev–Trinajstić information content (AvgIpc) is 2.46. The molecule has 0 heterocycles. The van der Waals surface area contributed by atoms with Gasteiger partial charge in [0.15, 0.2) is 6.04 Å². The van der Waals surface area contributed by atoms with Crippen molar-refractivity contribution in [3.8, 4) is 6.07 Å². The van der Waals surface area contributed by atoms with Gasteiger partial charge in [-0.2, -0.15) is 5.26 Å². The van der Waals surface area contributed by atoms with Gasteiger partial charge < -0.3 is 15.5 Å². The summed E-state index contributed by atoms with van der Waals surface area (Å²) in [7, 11) is 0. The highest BCUT2D eigenvalue weighted by Crippen LogP contribution is 2.13. The number of para-hydroxylation sites is 1. The molecular formula is C13H15N3O4. The second kappa shape index (κ2) is 7.76. The molecule has 0 saturated heterocycles. The van der Waals surface area contributed by atoms with E-state index in [-0.39, 0.29) is 13.0 Å². The van der Waals surface area contributed by atoms with E-state index < -0.39 is 24.6 Å². The van der Waals surface area contributed by atoms with Gasteiger partial charge >= 0.3 is 12.0 Å². The summed E-state index contributed by atoms with van der Waals surface area (Å²) in [5.74, 6) is -1.32. The van der Waals surface area contributed by atoms with Gasteiger partial charge in [0.05, 0.1) is 19.1 Å². The molecule has 0 radical (unpaired) electrons. The summed E-state index contributed by atoms with van der Waals surface area (Å²) in [6.45, 7) is -0.577. The third-order valence-electron chi connectivity index (χ3n) is 2.54. The molecule has 106 valence electrons. The molecular weight excluding hydrogens is 262 g/mol. The first-order chi connectivity index (χ1) is 9.60. The minimum atomic E-state index is -1.38. The van der Waals surface area contributed by atoms with Crippen LogP contribution in [0.4, 0.5) is 10.5 Å². The highest BCUT2D eigenvalue weighted by atomic mass is 16.4. The molecule has 0 bridgehead atoms. The van der Waals surface area contributed by atoms with Crippen LogP contribution in [0.1, 0.15) is 6.42 Å². The van der Waals surface area contributed by atoms with Crippen LogP contribution in [0.3, 0.4) is 0 Å². The number of nitrogens with zero attached hydrogens (tertiary/aromatic N) is 2. The minimum absolute atomic E-state index is 0.110. The van der Waals surface area contributed by atoms with Crippen LogP contribution in [0.2, 0.25) is 0 Å². The molecule has 0 unspecified atom stereocenters. The first-order valence-corrected chi connectivity index (χ1v) is 5.93. The van der Waals surface area contributed by atoms with Crippen molar-refractivity contribution in [2.24, 2.45) is 0 Å². The van der Waals surface area contributed by atoms with Crippen LogP contribution in [0.15, 0.2) is 30.3 Å². The number of hydrogen-bond acceptors (Lipinski definition) is 4. The summed E-state index contributed by atoms with van der Waals surface area (Å²) in [5.41, 5.74) is 0.544. The van der Waals surface area contributed by atoms with Gasteiger partial charge in [0, 0.05) is 12.2 Å². The molecule has 0 aliphatic heterocycles. The van der Waals surface area contributed by atoms with Crippen molar-refractivity contribution in [2.75, 3.05) is 18.1 Å². The van der Waals surface area contributed by atoms with E-state index in [1.54, 1.807) is 30.3 Å². The van der Waals surface area contributed by atoms with Gasteiger partial charge in [0.2, 0.25) is 0 Å². The maximum atomic E-state index is 12.1. The number of aliphatic hydroxyl groups excluding tert-OH is 1. The molecule has 0 saturated carbocycles. The van der Waals surface area contributed by atoms with Crippen LogP contribution in [-0.4, -0.2) is 41.4 Å². The number of aliphatic carboxylic acids is 1. The number of amides is 2. The van der Waals surface area contributed by atoms with Crippen molar-refractivity contribution in [3.63, 3.8) is 0 Å². The van der Waals surface area contributed by atoms with Crippen molar-refractivity contribution < 1.29 is 19.8 Å². The van der Waals surface area contributed by atoms with E-state index in [1.807, 2.05) is 6.07 Å². The van der Waals surface area contributed by atoms with Crippen LogP contribution in [-0.2, 0) is 4.79 Å². The number of nitrogens with one attached hydrogen (secondary N) is 1. The summed E-state index contributed by atoms with van der Waals surface area (Å²) >= 11 is 0. The molecule has 0 spiro atoms. The Balaban J connectivity index is 2.86. The Labute approximate surface area is 116 Å². The van der Waals surface area contributed by atoms with E-state index in [2.05, 4.69) is 5.32 Å². The van der Waals surface area contributed by atoms with Crippen molar-refractivity contribution in [1.29, 1.82) is 5.26 Å². The maximum Gasteiger partial charge on any atom is 0.328 e. The van der Waals surface area contributed by atoms with Gasteiger partial charge in [-0.25, -0.2) is 9.59 Å². The summed E-state index contributed by atoms with van der Waals surface area (Å²) in [6.07, 6.45) is 0.110. The molecule has 1 aromatic rings. The van der Waals surface area contributed by atoms with Gasteiger partial charge in [0.25, 0.3) is 0 Å². The van der Waals surface area contributed by atoms with Crippen molar-refractivity contribution >= 4 is 17.7 Å². The summed E-state index contributed by atoms with van der Waals surface area (Å²) in [4.78, 5) is 24.1. The minimum Gasteiger partial charge on any atom is -0.480 e. The Morgan fingerprint density at radius 1 is 1.35 bits per heavy atom. The zero-order valence-corrected chi connectivity index (χ0v) is 10.7. The Bertz CT molecular complexity index is 498. The van der Waals surface area contributed by atoms with E-state index in [4.69, 9.17) is 15.5 Å². The lowest BCUT2D eigenvalue weighted by Crippen LogP contribution is -2.50. The monoisotopic (exact) mass is 277 g/mol. The fourth-order valence-corrected chi connectivity index (χ4v) is 1.53. The van der Waals surface area contributed by atoms with Crippen molar-refractivity contribution in [3.05, 3.63) is 30.3 Å². The van der Waals surface area contributed by atoms with Crippen LogP contribution in [0.5, 0.6) is 0 Å². The van der Waals surface area contributed by atoms with E-state index in [9.17, 15) is 9.59 Å². The molecule has 20 heavy (non-hydrogen) atoms. The second-order valence-corrected chi connectivity index (χ2v) is 3.92. The standard InChI is InChI=1S/C13H15N3O4/c14-7-4-8-16(10-5-2-1-3-6-10)13(20)15-11(9-17)12(18)19/h1-3,5-6,11,17H,4,8-9H2,(H,15,20)(H,18,19)/t11-/m1/s1. The Morgan fingerprint density at radius 2 is 2.00 bits per heavy atom. The topological polar surface area (TPSA) is 114 Å². The molecule has 0 aliphatic rings. The van der Waals surface area contributed by atoms with E-state index in [1.165, 1.54) is 4.90 Å². The van der Waals surface area contributed by atoms with Crippen LogP contribution in [0, 0.1) is 11.3 Å². The van der Waals surface area contributed by atoms with Crippen molar-refractivity contribution in [2.45, 2.75) is 12.5 Å². The highest BCUT2D eigenvalue weighted by molar-refractivity contribution is 5.94. The van der Waals surface area contributed by atoms with Gasteiger partial charge in [-0.1, -0.05) is 18.2 Å². The first-order valence-electron chi connectivity index (χ1n) is 5.93. The SMILES string of the molecule is N#CCCN(C(=O)N[C@H](CO)C(=O)O)c1ccccc1. The van der Waals surface area contributed by atoms with Crippen LogP contribution in [0.25, 0.3) is 0 Å². The summed E-state index contributed by atoms with van der Waals surface area (Å²) < 4.78 is 0. The number of carbonyl (C=O) groups excluding carboxylic acids is 1. The number of carbonyl (C=O) groups is 2. The highest BCUT2D eigenvalue weighted by Gasteiger charge is 2.23. The smallest absolute Gasteiger partial charge is 0.328 e. The quantitative estimate of drug-likeness (QED) is 0.703. The number of rotatable bonds is 6. The summed E-state index contributed by atoms with van der Waals surface area (Å²) in [6, 6.07) is 8.44. The summed E-state index contributed by atoms with van der Waals surface area (Å²) in [5, 5.41) is 28.5. The van der Waals surface area contributed by atoms with E-state index >= 15 is 0 Å². The lowest BCUT2D eigenvalue weighted by molar-refractivity contribution is -0.140. The largest absolute Gasteiger partial charge is 0.480 e. The van der Waals surface area contributed by atoms with Gasteiger partial charge in [-0.15, -0.1) is 0 Å². The average molecular weight is 277 g/mol. The predicted octanol–water partition coefficient (Wildman–Crippen LogP) is 0.562. The predicted molar refractivity (Wildman–Crippen MR) is 71.1 cm³/mol. The fraction of sp³-hybridized carbons (Fsp3) is 0.308. The number of anilines is 1. The van der Waals surface area contributed by atoms with Gasteiger partial charge in [0.1, 0.15) is 0 Å². The van der Waals surface area contributed by atoms with Crippen LogP contribution < -0.4 is 10.2 Å². The number of benzene rings is 1. The molecule has 7 heteroatoms. The second-order valence-electron chi connectivity index (χ2n) is 3.92. The maximum absolute atomic E-state index is 12.1. The molecule has 2 amide bonds. The fourth-order valence-electron chi connectivity index (χ4n) is 1.53. The first kappa shape index (κ1) is 15.5. The number of carboxylic acid groups (broad SMARTS) is 1. The van der Waals surface area contributed by atoms with Crippen molar-refractivity contribution in [1.82, 2.24) is 5.32 Å². The molecule has 1 rings (SSSR count).